The Hall–Kier alpha value is -3.78. The molecule has 0 unspecified atom stereocenters. The molecule has 0 bridgehead atoms. The predicted molar refractivity (Wildman–Crippen MR) is 125 cm³/mol. The Morgan fingerprint density at radius 1 is 0.923 bits per heavy atom. The van der Waals surface area contributed by atoms with E-state index in [1.54, 1.807) is 18.2 Å². The molecule has 15 heteroatoms. The number of rotatable bonds is 8. The van der Waals surface area contributed by atoms with Crippen LogP contribution >= 0.6 is 0 Å². The van der Waals surface area contributed by atoms with Gasteiger partial charge in [0.05, 0.1) is 24.3 Å². The quantitative estimate of drug-likeness (QED) is 0.151. The van der Waals surface area contributed by atoms with Crippen LogP contribution in [0.15, 0.2) is 35.4 Å². The van der Waals surface area contributed by atoms with Crippen molar-refractivity contribution in [1.82, 2.24) is 0 Å². The SMILES string of the molecule is CC(=O)O[C@@H]1[C@@H](OC(C)=O)[C@H](O[C@H]2[C@@H](N=[N+]=[N-])[C@@H](C)O[C@H](F)[C@@H]2OC(=O)c2ccccc2)OC[C@H]1OC(C)=O. The van der Waals surface area contributed by atoms with Gasteiger partial charge in [0.1, 0.15) is 6.10 Å². The molecular weight excluding hydrogens is 525 g/mol. The van der Waals surface area contributed by atoms with Crippen molar-refractivity contribution in [2.24, 2.45) is 5.11 Å². The van der Waals surface area contributed by atoms with Gasteiger partial charge in [0.15, 0.2) is 30.7 Å². The first kappa shape index (κ1) is 29.8. The minimum absolute atomic E-state index is 0.105. The molecule has 9 atom stereocenters. The van der Waals surface area contributed by atoms with Crippen molar-refractivity contribution >= 4 is 23.9 Å². The van der Waals surface area contributed by atoms with Crippen LogP contribution in [0.4, 0.5) is 4.39 Å². The lowest BCUT2D eigenvalue weighted by Crippen LogP contribution is -2.63. The van der Waals surface area contributed by atoms with E-state index in [4.69, 9.17) is 38.7 Å². The zero-order valence-corrected chi connectivity index (χ0v) is 21.5. The van der Waals surface area contributed by atoms with Crippen molar-refractivity contribution in [2.75, 3.05) is 6.61 Å². The van der Waals surface area contributed by atoms with Crippen molar-refractivity contribution in [2.45, 2.75) is 83.0 Å². The average Bonchev–Trinajstić information content (AvgIpc) is 2.86. The first-order valence-corrected chi connectivity index (χ1v) is 11.9. The first-order valence-electron chi connectivity index (χ1n) is 11.9. The molecule has 0 N–H and O–H groups in total. The normalized spacial score (nSPS) is 32.2. The van der Waals surface area contributed by atoms with E-state index in [1.807, 2.05) is 0 Å². The van der Waals surface area contributed by atoms with Gasteiger partial charge in [-0.1, -0.05) is 23.3 Å². The Bertz CT molecular complexity index is 1100. The number of hydrogen-bond acceptors (Lipinski definition) is 12. The summed E-state index contributed by atoms with van der Waals surface area (Å²) in [5, 5.41) is 3.64. The summed E-state index contributed by atoms with van der Waals surface area (Å²) in [6.45, 7) is 4.32. The van der Waals surface area contributed by atoms with Crippen LogP contribution in [-0.2, 0) is 47.5 Å². The molecule has 14 nitrogen and oxygen atoms in total. The van der Waals surface area contributed by atoms with E-state index in [0.717, 1.165) is 20.8 Å². The fraction of sp³-hybridized carbons (Fsp3) is 0.583. The number of halogens is 1. The fourth-order valence-corrected chi connectivity index (χ4v) is 4.22. The summed E-state index contributed by atoms with van der Waals surface area (Å²) in [6.07, 6.45) is -12.2. The van der Waals surface area contributed by atoms with Gasteiger partial charge in [0.2, 0.25) is 6.36 Å². The molecule has 0 aromatic heterocycles. The van der Waals surface area contributed by atoms with Crippen LogP contribution in [0.2, 0.25) is 0 Å². The number of alkyl halides is 1. The molecule has 0 radical (unpaired) electrons. The lowest BCUT2D eigenvalue weighted by atomic mass is 9.97. The highest BCUT2D eigenvalue weighted by atomic mass is 19.1. The highest BCUT2D eigenvalue weighted by Crippen LogP contribution is 2.33. The Morgan fingerprint density at radius 2 is 1.54 bits per heavy atom. The second kappa shape index (κ2) is 13.3. The van der Waals surface area contributed by atoms with Crippen LogP contribution < -0.4 is 0 Å². The number of benzene rings is 1. The number of ether oxygens (including phenoxy) is 7. The van der Waals surface area contributed by atoms with Gasteiger partial charge >= 0.3 is 23.9 Å². The number of hydrogen-bond donors (Lipinski definition) is 0. The second-order valence-corrected chi connectivity index (χ2v) is 8.72. The maximum atomic E-state index is 15.2. The van der Waals surface area contributed by atoms with E-state index in [2.05, 4.69) is 10.0 Å². The van der Waals surface area contributed by atoms with Gasteiger partial charge in [-0.15, -0.1) is 0 Å². The van der Waals surface area contributed by atoms with Gasteiger partial charge in [-0.3, -0.25) is 14.4 Å². The number of azide groups is 1. The number of carbonyl (C=O) groups is 4. The minimum atomic E-state index is -2.21. The molecule has 0 spiro atoms. The van der Waals surface area contributed by atoms with Crippen molar-refractivity contribution in [3.8, 4) is 0 Å². The van der Waals surface area contributed by atoms with E-state index in [1.165, 1.54) is 19.1 Å². The highest BCUT2D eigenvalue weighted by molar-refractivity contribution is 5.89. The van der Waals surface area contributed by atoms with Gasteiger partial charge in [0, 0.05) is 25.7 Å². The highest BCUT2D eigenvalue weighted by Gasteiger charge is 2.53. The Morgan fingerprint density at radius 3 is 2.13 bits per heavy atom. The van der Waals surface area contributed by atoms with E-state index in [-0.39, 0.29) is 12.2 Å². The molecule has 2 aliphatic rings. The molecule has 1 aromatic rings. The van der Waals surface area contributed by atoms with Crippen LogP contribution in [0.1, 0.15) is 38.1 Å². The molecule has 1 aromatic carbocycles. The third-order valence-electron chi connectivity index (χ3n) is 5.78. The molecule has 2 saturated heterocycles. The van der Waals surface area contributed by atoms with Crippen LogP contribution in [0, 0.1) is 0 Å². The van der Waals surface area contributed by atoms with Crippen molar-refractivity contribution in [1.29, 1.82) is 0 Å². The van der Waals surface area contributed by atoms with Crippen molar-refractivity contribution in [3.05, 3.63) is 46.3 Å². The van der Waals surface area contributed by atoms with Crippen LogP contribution in [-0.4, -0.2) is 85.8 Å². The third-order valence-corrected chi connectivity index (χ3v) is 5.78. The van der Waals surface area contributed by atoms with Gasteiger partial charge < -0.3 is 33.2 Å². The van der Waals surface area contributed by atoms with Crippen molar-refractivity contribution < 1.29 is 56.7 Å². The molecule has 0 amide bonds. The minimum Gasteiger partial charge on any atom is -0.456 e. The molecule has 2 fully saturated rings. The summed E-state index contributed by atoms with van der Waals surface area (Å²) in [5.41, 5.74) is 9.25. The molecule has 39 heavy (non-hydrogen) atoms. The Labute approximate surface area is 222 Å². The van der Waals surface area contributed by atoms with Gasteiger partial charge in [-0.05, 0) is 24.6 Å². The summed E-state index contributed by atoms with van der Waals surface area (Å²) in [6, 6.07) is 6.48. The topological polar surface area (TPSA) is 182 Å². The van der Waals surface area contributed by atoms with Crippen LogP contribution in [0.5, 0.6) is 0 Å². The molecule has 2 aliphatic heterocycles. The summed E-state index contributed by atoms with van der Waals surface area (Å²) in [4.78, 5) is 50.9. The van der Waals surface area contributed by atoms with Crippen molar-refractivity contribution in [3.63, 3.8) is 0 Å². The maximum Gasteiger partial charge on any atom is 0.338 e. The first-order chi connectivity index (χ1) is 18.5. The number of carbonyl (C=O) groups excluding carboxylic acids is 4. The maximum absolute atomic E-state index is 15.2. The summed E-state index contributed by atoms with van der Waals surface area (Å²) >= 11 is 0. The van der Waals surface area contributed by atoms with E-state index in [0.29, 0.717) is 0 Å². The zero-order valence-electron chi connectivity index (χ0n) is 21.5. The van der Waals surface area contributed by atoms with Gasteiger partial charge in [-0.2, -0.15) is 0 Å². The molecule has 0 saturated carbocycles. The molecule has 0 aliphatic carbocycles. The largest absolute Gasteiger partial charge is 0.456 e. The van der Waals surface area contributed by atoms with Gasteiger partial charge in [0.25, 0.3) is 0 Å². The molecule has 3 rings (SSSR count). The third kappa shape index (κ3) is 7.63. The monoisotopic (exact) mass is 553 g/mol. The van der Waals surface area contributed by atoms with Crippen LogP contribution in [0.25, 0.3) is 10.4 Å². The predicted octanol–water partition coefficient (Wildman–Crippen LogP) is 2.14. The molecule has 212 valence electrons. The Balaban J connectivity index is 1.96. The fourth-order valence-electron chi connectivity index (χ4n) is 4.22. The number of esters is 4. The Kier molecular flexibility index (Phi) is 10.2. The van der Waals surface area contributed by atoms with Gasteiger partial charge in [-0.25, -0.2) is 9.18 Å². The van der Waals surface area contributed by atoms with Crippen LogP contribution in [0.3, 0.4) is 0 Å². The zero-order chi connectivity index (χ0) is 28.7. The summed E-state index contributed by atoms with van der Waals surface area (Å²) in [5.74, 6) is -3.26. The molecule has 2 heterocycles. The number of nitrogens with zero attached hydrogens (tertiary/aromatic N) is 3. The average molecular weight is 553 g/mol. The van der Waals surface area contributed by atoms with E-state index < -0.39 is 79.2 Å². The lowest BCUT2D eigenvalue weighted by molar-refractivity contribution is -0.318. The second-order valence-electron chi connectivity index (χ2n) is 8.72. The molecular formula is C24H28FN3O11. The smallest absolute Gasteiger partial charge is 0.338 e. The lowest BCUT2D eigenvalue weighted by Gasteiger charge is -2.45. The summed E-state index contributed by atoms with van der Waals surface area (Å²) in [7, 11) is 0. The van der Waals surface area contributed by atoms with E-state index >= 15 is 4.39 Å². The van der Waals surface area contributed by atoms with E-state index in [9.17, 15) is 19.2 Å². The summed E-state index contributed by atoms with van der Waals surface area (Å²) < 4.78 is 53.2. The standard InChI is InChI=1S/C24H28FN3O11/c1-11-17(27-28-26)19(20(22(25)34-11)38-23(32)15-8-6-5-7-9-15)39-24-21(37-14(4)31)18(36-13(3)30)16(10-33-24)35-12(2)29/h5-9,11,16-22,24H,10H2,1-4H3/t11-,16-,17+,18+,19+,20-,21-,22+,24+/m1/s1.